The molecule has 6 nitrogen and oxygen atoms in total. The number of sulfonamides is 1. The van der Waals surface area contributed by atoms with Gasteiger partial charge in [0.15, 0.2) is 0 Å². The van der Waals surface area contributed by atoms with Gasteiger partial charge in [0.1, 0.15) is 0 Å². The quantitative estimate of drug-likeness (QED) is 0.760. The highest BCUT2D eigenvalue weighted by molar-refractivity contribution is 7.89. The molecular weight excluding hydrogens is 280 g/mol. The first kappa shape index (κ1) is 16.6. The molecule has 0 aliphatic carbocycles. The second-order valence-electron chi connectivity index (χ2n) is 4.94. The second kappa shape index (κ2) is 6.34. The Labute approximate surface area is 119 Å². The minimum absolute atomic E-state index is 0.0760. The average molecular weight is 300 g/mol. The lowest BCUT2D eigenvalue weighted by Crippen LogP contribution is -2.48. The van der Waals surface area contributed by atoms with Crippen molar-refractivity contribution in [3.63, 3.8) is 0 Å². The number of benzene rings is 1. The monoisotopic (exact) mass is 300 g/mol. The van der Waals surface area contributed by atoms with Crippen LogP contribution in [0, 0.1) is 0 Å². The Bertz CT molecular complexity index is 565. The number of rotatable bonds is 6. The standard InChI is InChI=1S/C13H20N2O4S/c1-4-19-12(16)10-5-7-11(8-6-10)20(17,18)15-13(2,3)9-14/h5-8,15H,4,9,14H2,1-3H3. The fraction of sp³-hybridized carbons (Fsp3) is 0.462. The highest BCUT2D eigenvalue weighted by Gasteiger charge is 2.25. The van der Waals surface area contributed by atoms with E-state index in [-0.39, 0.29) is 18.0 Å². The van der Waals surface area contributed by atoms with Crippen LogP contribution in [0.25, 0.3) is 0 Å². The Hall–Kier alpha value is -1.44. The number of carbonyl (C=O) groups is 1. The van der Waals surface area contributed by atoms with Gasteiger partial charge in [0.05, 0.1) is 17.1 Å². The SMILES string of the molecule is CCOC(=O)c1ccc(S(=O)(=O)NC(C)(C)CN)cc1. The molecule has 7 heteroatoms. The van der Waals surface area contributed by atoms with Gasteiger partial charge in [-0.25, -0.2) is 17.9 Å². The van der Waals surface area contributed by atoms with Gasteiger partial charge in [-0.2, -0.15) is 0 Å². The van der Waals surface area contributed by atoms with Gasteiger partial charge in [-0.1, -0.05) is 0 Å². The molecular formula is C13H20N2O4S. The zero-order valence-electron chi connectivity index (χ0n) is 11.8. The van der Waals surface area contributed by atoms with Crippen molar-refractivity contribution in [1.82, 2.24) is 4.72 Å². The summed E-state index contributed by atoms with van der Waals surface area (Å²) in [5.74, 6) is -0.480. The molecule has 0 heterocycles. The molecule has 0 saturated carbocycles. The van der Waals surface area contributed by atoms with Crippen LogP contribution >= 0.6 is 0 Å². The summed E-state index contributed by atoms with van der Waals surface area (Å²) in [5, 5.41) is 0. The minimum atomic E-state index is -3.67. The van der Waals surface area contributed by atoms with Crippen molar-refractivity contribution < 1.29 is 17.9 Å². The van der Waals surface area contributed by atoms with Crippen molar-refractivity contribution in [2.24, 2.45) is 5.73 Å². The van der Waals surface area contributed by atoms with Gasteiger partial charge in [-0.3, -0.25) is 0 Å². The maximum atomic E-state index is 12.1. The van der Waals surface area contributed by atoms with E-state index in [4.69, 9.17) is 10.5 Å². The first-order valence-electron chi connectivity index (χ1n) is 6.23. The smallest absolute Gasteiger partial charge is 0.338 e. The van der Waals surface area contributed by atoms with Crippen molar-refractivity contribution >= 4 is 16.0 Å². The summed E-state index contributed by atoms with van der Waals surface area (Å²) >= 11 is 0. The van der Waals surface area contributed by atoms with Crippen LogP contribution in [0.5, 0.6) is 0 Å². The predicted molar refractivity (Wildman–Crippen MR) is 75.9 cm³/mol. The van der Waals surface area contributed by atoms with E-state index in [2.05, 4.69) is 4.72 Å². The third-order valence-corrected chi connectivity index (χ3v) is 4.31. The van der Waals surface area contributed by atoms with E-state index < -0.39 is 21.5 Å². The molecule has 0 bridgehead atoms. The zero-order valence-corrected chi connectivity index (χ0v) is 12.7. The van der Waals surface area contributed by atoms with Crippen molar-refractivity contribution in [3.8, 4) is 0 Å². The summed E-state index contributed by atoms with van der Waals surface area (Å²) in [5.41, 5.74) is 5.07. The molecule has 1 aromatic rings. The van der Waals surface area contributed by atoms with Crippen LogP contribution in [0.1, 0.15) is 31.1 Å². The van der Waals surface area contributed by atoms with Gasteiger partial charge in [0, 0.05) is 12.1 Å². The van der Waals surface area contributed by atoms with E-state index >= 15 is 0 Å². The molecule has 1 rings (SSSR count). The normalized spacial score (nSPS) is 12.2. The molecule has 0 saturated heterocycles. The number of hydrogen-bond donors (Lipinski definition) is 2. The van der Waals surface area contributed by atoms with Crippen LogP contribution in [0.15, 0.2) is 29.2 Å². The molecule has 0 aliphatic rings. The molecule has 0 radical (unpaired) electrons. The fourth-order valence-electron chi connectivity index (χ4n) is 1.45. The number of ether oxygens (including phenoxy) is 1. The summed E-state index contributed by atoms with van der Waals surface area (Å²) in [6.07, 6.45) is 0. The van der Waals surface area contributed by atoms with E-state index in [0.717, 1.165) is 0 Å². The maximum absolute atomic E-state index is 12.1. The molecule has 1 aromatic carbocycles. The Balaban J connectivity index is 2.96. The lowest BCUT2D eigenvalue weighted by atomic mass is 10.1. The van der Waals surface area contributed by atoms with Gasteiger partial charge in [0.2, 0.25) is 10.0 Å². The summed E-state index contributed by atoms with van der Waals surface area (Å²) in [6, 6.07) is 5.56. The Morgan fingerprint density at radius 3 is 2.30 bits per heavy atom. The van der Waals surface area contributed by atoms with E-state index in [1.54, 1.807) is 20.8 Å². The lowest BCUT2D eigenvalue weighted by Gasteiger charge is -2.23. The highest BCUT2D eigenvalue weighted by atomic mass is 32.2. The molecule has 0 atom stereocenters. The minimum Gasteiger partial charge on any atom is -0.462 e. The van der Waals surface area contributed by atoms with Crippen LogP contribution in [-0.4, -0.2) is 33.1 Å². The van der Waals surface area contributed by atoms with Crippen LogP contribution < -0.4 is 10.5 Å². The third-order valence-electron chi connectivity index (χ3n) is 2.60. The largest absolute Gasteiger partial charge is 0.462 e. The molecule has 112 valence electrons. The first-order chi connectivity index (χ1) is 9.22. The number of carbonyl (C=O) groups excluding carboxylic acids is 1. The van der Waals surface area contributed by atoms with Crippen molar-refractivity contribution in [2.75, 3.05) is 13.2 Å². The van der Waals surface area contributed by atoms with E-state index in [9.17, 15) is 13.2 Å². The summed E-state index contributed by atoms with van der Waals surface area (Å²) in [7, 11) is -3.67. The summed E-state index contributed by atoms with van der Waals surface area (Å²) in [4.78, 5) is 11.6. The number of nitrogens with two attached hydrogens (primary N) is 1. The molecule has 20 heavy (non-hydrogen) atoms. The molecule has 3 N–H and O–H groups in total. The van der Waals surface area contributed by atoms with Gasteiger partial charge >= 0.3 is 5.97 Å². The van der Waals surface area contributed by atoms with Crippen LogP contribution in [-0.2, 0) is 14.8 Å². The van der Waals surface area contributed by atoms with Gasteiger partial charge in [0.25, 0.3) is 0 Å². The Kier molecular flexibility index (Phi) is 5.27. The summed E-state index contributed by atoms with van der Waals surface area (Å²) in [6.45, 7) is 5.53. The van der Waals surface area contributed by atoms with E-state index in [1.165, 1.54) is 24.3 Å². The molecule has 0 amide bonds. The molecule has 0 aromatic heterocycles. The number of esters is 1. The van der Waals surface area contributed by atoms with Crippen molar-refractivity contribution in [1.29, 1.82) is 0 Å². The topological polar surface area (TPSA) is 98.5 Å². The average Bonchev–Trinajstić information content (AvgIpc) is 2.38. The number of hydrogen-bond acceptors (Lipinski definition) is 5. The van der Waals surface area contributed by atoms with Crippen molar-refractivity contribution in [2.45, 2.75) is 31.2 Å². The third kappa shape index (κ3) is 4.29. The molecule has 0 spiro atoms. The zero-order chi connectivity index (χ0) is 15.4. The van der Waals surface area contributed by atoms with E-state index in [1.807, 2.05) is 0 Å². The van der Waals surface area contributed by atoms with Crippen LogP contribution in [0.4, 0.5) is 0 Å². The molecule has 0 fully saturated rings. The van der Waals surface area contributed by atoms with Gasteiger partial charge in [-0.05, 0) is 45.0 Å². The van der Waals surface area contributed by atoms with Crippen LogP contribution in [0.3, 0.4) is 0 Å². The maximum Gasteiger partial charge on any atom is 0.338 e. The second-order valence-corrected chi connectivity index (χ2v) is 6.62. The Morgan fingerprint density at radius 2 is 1.85 bits per heavy atom. The molecule has 0 aliphatic heterocycles. The molecule has 0 unspecified atom stereocenters. The van der Waals surface area contributed by atoms with Gasteiger partial charge < -0.3 is 10.5 Å². The lowest BCUT2D eigenvalue weighted by molar-refractivity contribution is 0.0526. The first-order valence-corrected chi connectivity index (χ1v) is 7.71. The Morgan fingerprint density at radius 1 is 1.30 bits per heavy atom. The fourth-order valence-corrected chi connectivity index (χ4v) is 2.87. The van der Waals surface area contributed by atoms with Gasteiger partial charge in [-0.15, -0.1) is 0 Å². The van der Waals surface area contributed by atoms with E-state index in [0.29, 0.717) is 5.56 Å². The number of nitrogens with one attached hydrogen (secondary N) is 1. The predicted octanol–water partition coefficient (Wildman–Crippen LogP) is 0.879. The van der Waals surface area contributed by atoms with Crippen LogP contribution in [0.2, 0.25) is 0 Å². The summed E-state index contributed by atoms with van der Waals surface area (Å²) < 4.78 is 31.6. The highest BCUT2D eigenvalue weighted by Crippen LogP contribution is 2.14. The van der Waals surface area contributed by atoms with Crippen molar-refractivity contribution in [3.05, 3.63) is 29.8 Å².